The second-order valence-corrected chi connectivity index (χ2v) is 7.92. The number of fused-ring (bicyclic) bond motifs is 1. The quantitative estimate of drug-likeness (QED) is 0.642. The van der Waals surface area contributed by atoms with E-state index < -0.39 is 5.92 Å². The smallest absolute Gasteiger partial charge is 0.311 e. The Morgan fingerprint density at radius 3 is 2.85 bits per heavy atom. The highest BCUT2D eigenvalue weighted by Crippen LogP contribution is 2.30. The van der Waals surface area contributed by atoms with Gasteiger partial charge in [0.05, 0.1) is 16.1 Å². The molecule has 1 saturated heterocycles. The van der Waals surface area contributed by atoms with Crippen LogP contribution in [-0.2, 0) is 20.9 Å². The van der Waals surface area contributed by atoms with E-state index in [1.807, 2.05) is 56.3 Å². The second kappa shape index (κ2) is 7.12. The van der Waals surface area contributed by atoms with E-state index in [0.717, 1.165) is 32.0 Å². The molecule has 27 heavy (non-hydrogen) atoms. The van der Waals surface area contributed by atoms with Crippen LogP contribution in [0.5, 0.6) is 0 Å². The molecule has 0 radical (unpaired) electrons. The molecule has 1 aromatic heterocycles. The van der Waals surface area contributed by atoms with E-state index in [4.69, 9.17) is 4.74 Å². The Labute approximate surface area is 161 Å². The van der Waals surface area contributed by atoms with Crippen molar-refractivity contribution < 1.29 is 14.3 Å². The van der Waals surface area contributed by atoms with E-state index in [2.05, 4.69) is 4.98 Å². The third-order valence-corrected chi connectivity index (χ3v) is 6.01. The number of esters is 1. The van der Waals surface area contributed by atoms with Crippen molar-refractivity contribution in [1.82, 2.24) is 4.98 Å². The molecular formula is C21H20N2O3S. The number of anilines is 1. The summed E-state index contributed by atoms with van der Waals surface area (Å²) >= 11 is 1.52. The van der Waals surface area contributed by atoms with E-state index in [0.29, 0.717) is 6.54 Å². The van der Waals surface area contributed by atoms with Crippen molar-refractivity contribution in [2.45, 2.75) is 26.9 Å². The van der Waals surface area contributed by atoms with Gasteiger partial charge in [-0.05, 0) is 43.2 Å². The molecule has 2 heterocycles. The molecule has 4 rings (SSSR count). The number of benzene rings is 2. The van der Waals surface area contributed by atoms with Crippen LogP contribution in [0.1, 0.15) is 22.6 Å². The summed E-state index contributed by atoms with van der Waals surface area (Å²) in [6.07, 6.45) is 0.187. The summed E-state index contributed by atoms with van der Waals surface area (Å²) in [4.78, 5) is 31.1. The molecule has 1 unspecified atom stereocenters. The molecule has 5 nitrogen and oxygen atoms in total. The zero-order chi connectivity index (χ0) is 19.0. The van der Waals surface area contributed by atoms with Gasteiger partial charge in [0.15, 0.2) is 0 Å². The minimum atomic E-state index is -0.438. The van der Waals surface area contributed by atoms with E-state index in [-0.39, 0.29) is 24.9 Å². The number of amides is 1. The highest BCUT2D eigenvalue weighted by molar-refractivity contribution is 7.18. The standard InChI is InChI=1S/C21H20N2O3S/c1-13-6-5-8-17(14(13)2)23-11-15(10-20(23)24)21(25)26-12-19-22-16-7-3-4-9-18(16)27-19/h3-9,15H,10-12H2,1-2H3. The van der Waals surface area contributed by atoms with Gasteiger partial charge >= 0.3 is 5.97 Å². The Balaban J connectivity index is 1.42. The average Bonchev–Trinajstić information content (AvgIpc) is 3.25. The first kappa shape index (κ1) is 17.7. The van der Waals surface area contributed by atoms with Gasteiger partial charge in [-0.1, -0.05) is 24.3 Å². The summed E-state index contributed by atoms with van der Waals surface area (Å²) in [6, 6.07) is 13.7. The molecule has 138 valence electrons. The minimum absolute atomic E-state index is 0.0364. The molecule has 3 aromatic rings. The third kappa shape index (κ3) is 3.45. The van der Waals surface area contributed by atoms with Crippen molar-refractivity contribution >= 4 is 39.1 Å². The van der Waals surface area contributed by atoms with Gasteiger partial charge in [0.25, 0.3) is 0 Å². The van der Waals surface area contributed by atoms with Crippen LogP contribution in [-0.4, -0.2) is 23.4 Å². The number of para-hydroxylation sites is 1. The van der Waals surface area contributed by atoms with Gasteiger partial charge in [-0.15, -0.1) is 11.3 Å². The number of carbonyl (C=O) groups is 2. The molecule has 1 atom stereocenters. The fraction of sp³-hybridized carbons (Fsp3) is 0.286. The summed E-state index contributed by atoms with van der Waals surface area (Å²) < 4.78 is 6.53. The van der Waals surface area contributed by atoms with Crippen LogP contribution in [0.4, 0.5) is 5.69 Å². The van der Waals surface area contributed by atoms with E-state index >= 15 is 0 Å². The first-order valence-electron chi connectivity index (χ1n) is 8.90. The maximum atomic E-state index is 12.5. The largest absolute Gasteiger partial charge is 0.458 e. The van der Waals surface area contributed by atoms with E-state index in [1.165, 1.54) is 11.3 Å². The molecule has 1 aliphatic rings. The van der Waals surface area contributed by atoms with Gasteiger partial charge in [0.2, 0.25) is 5.91 Å². The number of hydrogen-bond acceptors (Lipinski definition) is 5. The Kier molecular flexibility index (Phi) is 4.66. The summed E-state index contributed by atoms with van der Waals surface area (Å²) in [5.41, 5.74) is 3.98. The summed E-state index contributed by atoms with van der Waals surface area (Å²) in [5.74, 6) is -0.812. The number of aryl methyl sites for hydroxylation is 1. The van der Waals surface area contributed by atoms with Crippen LogP contribution in [0.3, 0.4) is 0 Å². The lowest BCUT2D eigenvalue weighted by Crippen LogP contribution is -2.27. The molecule has 0 saturated carbocycles. The highest BCUT2D eigenvalue weighted by Gasteiger charge is 2.36. The van der Waals surface area contributed by atoms with Gasteiger partial charge in [-0.3, -0.25) is 9.59 Å². The maximum Gasteiger partial charge on any atom is 0.311 e. The third-order valence-electron chi connectivity index (χ3n) is 5.00. The zero-order valence-electron chi connectivity index (χ0n) is 15.3. The first-order chi connectivity index (χ1) is 13.0. The van der Waals surface area contributed by atoms with E-state index in [9.17, 15) is 9.59 Å². The normalized spacial score (nSPS) is 16.9. The Hall–Kier alpha value is -2.73. The number of ether oxygens (including phenoxy) is 1. The topological polar surface area (TPSA) is 59.5 Å². The average molecular weight is 380 g/mol. The van der Waals surface area contributed by atoms with Crippen molar-refractivity contribution in [2.24, 2.45) is 5.92 Å². The van der Waals surface area contributed by atoms with Crippen LogP contribution in [0, 0.1) is 19.8 Å². The van der Waals surface area contributed by atoms with Crippen LogP contribution in [0.2, 0.25) is 0 Å². The van der Waals surface area contributed by atoms with Gasteiger partial charge in [-0.2, -0.15) is 0 Å². The summed E-state index contributed by atoms with van der Waals surface area (Å²) in [5, 5.41) is 0.764. The van der Waals surface area contributed by atoms with Crippen molar-refractivity contribution in [3.8, 4) is 0 Å². The van der Waals surface area contributed by atoms with Crippen molar-refractivity contribution in [2.75, 3.05) is 11.4 Å². The molecule has 1 fully saturated rings. The monoisotopic (exact) mass is 380 g/mol. The molecule has 0 bridgehead atoms. The summed E-state index contributed by atoms with van der Waals surface area (Å²) in [7, 11) is 0. The Bertz CT molecular complexity index is 994. The maximum absolute atomic E-state index is 12.5. The van der Waals surface area contributed by atoms with Gasteiger partial charge < -0.3 is 9.64 Å². The molecule has 2 aromatic carbocycles. The number of thiazole rings is 1. The fourth-order valence-electron chi connectivity index (χ4n) is 3.36. The minimum Gasteiger partial charge on any atom is -0.458 e. The zero-order valence-corrected chi connectivity index (χ0v) is 16.1. The predicted octanol–water partition coefficient (Wildman–Crippen LogP) is 4.01. The lowest BCUT2D eigenvalue weighted by Gasteiger charge is -2.20. The Morgan fingerprint density at radius 1 is 1.22 bits per heavy atom. The van der Waals surface area contributed by atoms with Crippen LogP contribution >= 0.6 is 11.3 Å². The Morgan fingerprint density at radius 2 is 2.04 bits per heavy atom. The number of nitrogens with zero attached hydrogens (tertiary/aromatic N) is 2. The van der Waals surface area contributed by atoms with Crippen LogP contribution < -0.4 is 4.90 Å². The number of carbonyl (C=O) groups excluding carboxylic acids is 2. The SMILES string of the molecule is Cc1cccc(N2CC(C(=O)OCc3nc4ccccc4s3)CC2=O)c1C. The van der Waals surface area contributed by atoms with Gasteiger partial charge in [-0.25, -0.2) is 4.98 Å². The van der Waals surface area contributed by atoms with Crippen LogP contribution in [0.15, 0.2) is 42.5 Å². The second-order valence-electron chi connectivity index (χ2n) is 6.81. The molecular weight excluding hydrogens is 360 g/mol. The van der Waals surface area contributed by atoms with Gasteiger partial charge in [0, 0.05) is 18.7 Å². The molecule has 0 N–H and O–H groups in total. The van der Waals surface area contributed by atoms with Crippen molar-refractivity contribution in [1.29, 1.82) is 0 Å². The molecule has 1 amide bonds. The molecule has 6 heteroatoms. The lowest BCUT2D eigenvalue weighted by molar-refractivity contribution is -0.149. The first-order valence-corrected chi connectivity index (χ1v) is 9.72. The number of aromatic nitrogens is 1. The van der Waals surface area contributed by atoms with E-state index in [1.54, 1.807) is 4.90 Å². The molecule has 0 aliphatic carbocycles. The fourth-order valence-corrected chi connectivity index (χ4v) is 4.24. The lowest BCUT2D eigenvalue weighted by atomic mass is 10.1. The summed E-state index contributed by atoms with van der Waals surface area (Å²) in [6.45, 7) is 4.52. The van der Waals surface area contributed by atoms with Crippen LogP contribution in [0.25, 0.3) is 10.2 Å². The molecule has 1 aliphatic heterocycles. The number of hydrogen-bond donors (Lipinski definition) is 0. The predicted molar refractivity (Wildman–Crippen MR) is 106 cm³/mol. The van der Waals surface area contributed by atoms with Crippen molar-refractivity contribution in [3.63, 3.8) is 0 Å². The highest BCUT2D eigenvalue weighted by atomic mass is 32.1. The number of rotatable bonds is 4. The van der Waals surface area contributed by atoms with Gasteiger partial charge in [0.1, 0.15) is 11.6 Å². The molecule has 0 spiro atoms. The van der Waals surface area contributed by atoms with Crippen molar-refractivity contribution in [3.05, 3.63) is 58.6 Å².